The van der Waals surface area contributed by atoms with E-state index in [1.807, 2.05) is 0 Å². The van der Waals surface area contributed by atoms with Crippen LogP contribution in [0.1, 0.15) is 5.56 Å². The minimum Gasteiger partial charge on any atom is -0.321 e. The van der Waals surface area contributed by atoms with E-state index in [4.69, 9.17) is 5.26 Å². The van der Waals surface area contributed by atoms with E-state index in [0.717, 1.165) is 6.08 Å². The van der Waals surface area contributed by atoms with Crippen molar-refractivity contribution >= 4 is 17.7 Å². The Morgan fingerprint density at radius 1 is 1.10 bits per heavy atom. The molecule has 5 heteroatoms. The van der Waals surface area contributed by atoms with Crippen LogP contribution in [0.25, 0.3) is 6.08 Å². The van der Waals surface area contributed by atoms with Crippen molar-refractivity contribution in [3.63, 3.8) is 0 Å². The molecular formula is C16H10F2N2O. The molecule has 0 unspecified atom stereocenters. The van der Waals surface area contributed by atoms with Gasteiger partial charge in [-0.3, -0.25) is 4.79 Å². The molecule has 0 bridgehead atoms. The van der Waals surface area contributed by atoms with E-state index < -0.39 is 17.5 Å². The molecule has 0 aliphatic carbocycles. The maximum Gasteiger partial charge on any atom is 0.266 e. The zero-order valence-electron chi connectivity index (χ0n) is 10.8. The lowest BCUT2D eigenvalue weighted by atomic mass is 10.1. The monoisotopic (exact) mass is 284 g/mol. The first-order chi connectivity index (χ1) is 10.1. The number of hydrogen-bond acceptors (Lipinski definition) is 2. The maximum absolute atomic E-state index is 13.5. The Bertz CT molecular complexity index is 731. The molecule has 0 aliphatic rings. The molecule has 2 aromatic rings. The highest BCUT2D eigenvalue weighted by Gasteiger charge is 2.10. The molecule has 0 aromatic heterocycles. The van der Waals surface area contributed by atoms with Gasteiger partial charge in [-0.05, 0) is 36.4 Å². The summed E-state index contributed by atoms with van der Waals surface area (Å²) in [5.74, 6) is -1.65. The fourth-order valence-electron chi connectivity index (χ4n) is 1.63. The first-order valence-electron chi connectivity index (χ1n) is 6.03. The van der Waals surface area contributed by atoms with E-state index in [1.165, 1.54) is 42.5 Å². The number of amides is 1. The number of carbonyl (C=O) groups is 1. The molecule has 1 N–H and O–H groups in total. The second kappa shape index (κ2) is 6.44. The van der Waals surface area contributed by atoms with Crippen LogP contribution in [0.2, 0.25) is 0 Å². The lowest BCUT2D eigenvalue weighted by Crippen LogP contribution is -2.13. The van der Waals surface area contributed by atoms with Crippen LogP contribution < -0.4 is 5.32 Å². The molecule has 104 valence electrons. The molecule has 0 fully saturated rings. The van der Waals surface area contributed by atoms with Gasteiger partial charge in [-0.25, -0.2) is 8.78 Å². The number of nitrogens with one attached hydrogen (secondary N) is 1. The van der Waals surface area contributed by atoms with E-state index in [2.05, 4.69) is 5.32 Å². The summed E-state index contributed by atoms with van der Waals surface area (Å²) in [6.07, 6.45) is 1.16. The highest BCUT2D eigenvalue weighted by atomic mass is 19.1. The fraction of sp³-hybridized carbons (Fsp3) is 0. The third-order valence-electron chi connectivity index (χ3n) is 2.67. The van der Waals surface area contributed by atoms with Crippen LogP contribution in [0.15, 0.2) is 54.1 Å². The highest BCUT2D eigenvalue weighted by molar-refractivity contribution is 6.09. The number of rotatable bonds is 3. The average molecular weight is 284 g/mol. The maximum atomic E-state index is 13.5. The molecule has 0 atom stereocenters. The second-order valence-corrected chi connectivity index (χ2v) is 4.15. The normalized spacial score (nSPS) is 10.8. The number of benzene rings is 2. The van der Waals surface area contributed by atoms with Crippen molar-refractivity contribution in [3.8, 4) is 6.07 Å². The van der Waals surface area contributed by atoms with Gasteiger partial charge in [-0.1, -0.05) is 18.2 Å². The predicted molar refractivity (Wildman–Crippen MR) is 75.0 cm³/mol. The first-order valence-corrected chi connectivity index (χ1v) is 6.03. The van der Waals surface area contributed by atoms with Gasteiger partial charge in [0, 0.05) is 11.3 Å². The van der Waals surface area contributed by atoms with Crippen LogP contribution >= 0.6 is 0 Å². The summed E-state index contributed by atoms with van der Waals surface area (Å²) in [5, 5.41) is 11.5. The Morgan fingerprint density at radius 2 is 1.76 bits per heavy atom. The zero-order valence-corrected chi connectivity index (χ0v) is 10.8. The fourth-order valence-corrected chi connectivity index (χ4v) is 1.63. The Labute approximate surface area is 120 Å². The third kappa shape index (κ3) is 3.74. The van der Waals surface area contributed by atoms with Gasteiger partial charge in [0.1, 0.15) is 23.3 Å². The number of carbonyl (C=O) groups excluding carboxylic acids is 1. The summed E-state index contributed by atoms with van der Waals surface area (Å²) in [5.41, 5.74) is 0.240. The molecule has 3 nitrogen and oxygen atoms in total. The van der Waals surface area contributed by atoms with Gasteiger partial charge in [0.2, 0.25) is 0 Å². The van der Waals surface area contributed by atoms with Crippen LogP contribution in [0.4, 0.5) is 14.5 Å². The molecular weight excluding hydrogens is 274 g/mol. The number of nitrogens with zero attached hydrogens (tertiary/aromatic N) is 1. The molecule has 2 aromatic carbocycles. The molecule has 2 rings (SSSR count). The summed E-state index contributed by atoms with van der Waals surface area (Å²) in [6, 6.07) is 12.6. The van der Waals surface area contributed by atoms with E-state index >= 15 is 0 Å². The Balaban J connectivity index is 2.22. The van der Waals surface area contributed by atoms with Crippen LogP contribution in [-0.2, 0) is 4.79 Å². The van der Waals surface area contributed by atoms with Gasteiger partial charge in [0.15, 0.2) is 0 Å². The number of anilines is 1. The minimum atomic E-state index is -0.688. The molecule has 21 heavy (non-hydrogen) atoms. The zero-order chi connectivity index (χ0) is 15.2. The standard InChI is InChI=1S/C16H10F2N2O/c17-13-5-7-14(8-6-13)20-16(21)12(10-19)9-11-3-1-2-4-15(11)18/h1-9H,(H,20,21)/b12-9+. The third-order valence-corrected chi connectivity index (χ3v) is 2.67. The van der Waals surface area contributed by atoms with Crippen molar-refractivity contribution in [1.29, 1.82) is 5.26 Å². The first kappa shape index (κ1) is 14.4. The Kier molecular flexibility index (Phi) is 4.42. The van der Waals surface area contributed by atoms with Gasteiger partial charge in [0.05, 0.1) is 0 Å². The average Bonchev–Trinajstić information content (AvgIpc) is 2.48. The molecule has 0 saturated carbocycles. The van der Waals surface area contributed by atoms with E-state index in [1.54, 1.807) is 12.1 Å². The summed E-state index contributed by atoms with van der Waals surface area (Å²) >= 11 is 0. The molecule has 0 spiro atoms. The Hall–Kier alpha value is -3.00. The summed E-state index contributed by atoms with van der Waals surface area (Å²) in [6.45, 7) is 0. The Morgan fingerprint density at radius 3 is 2.38 bits per heavy atom. The quantitative estimate of drug-likeness (QED) is 0.692. The molecule has 0 radical (unpaired) electrons. The highest BCUT2D eigenvalue weighted by Crippen LogP contribution is 2.14. The summed E-state index contributed by atoms with van der Waals surface area (Å²) < 4.78 is 26.3. The number of nitriles is 1. The van der Waals surface area contributed by atoms with E-state index in [0.29, 0.717) is 5.69 Å². The molecule has 0 saturated heterocycles. The topological polar surface area (TPSA) is 52.9 Å². The smallest absolute Gasteiger partial charge is 0.266 e. The van der Waals surface area contributed by atoms with E-state index in [-0.39, 0.29) is 11.1 Å². The van der Waals surface area contributed by atoms with Gasteiger partial charge in [-0.15, -0.1) is 0 Å². The van der Waals surface area contributed by atoms with Crippen LogP contribution in [0, 0.1) is 23.0 Å². The lowest BCUT2D eigenvalue weighted by molar-refractivity contribution is -0.112. The van der Waals surface area contributed by atoms with Crippen molar-refractivity contribution in [1.82, 2.24) is 0 Å². The molecule has 0 aliphatic heterocycles. The SMILES string of the molecule is N#C/C(=C\c1ccccc1F)C(=O)Nc1ccc(F)cc1. The van der Waals surface area contributed by atoms with Crippen molar-refractivity contribution in [3.05, 3.63) is 71.3 Å². The summed E-state index contributed by atoms with van der Waals surface area (Å²) in [7, 11) is 0. The van der Waals surface area contributed by atoms with Gasteiger partial charge in [-0.2, -0.15) is 5.26 Å². The lowest BCUT2D eigenvalue weighted by Gasteiger charge is -2.04. The van der Waals surface area contributed by atoms with Crippen LogP contribution in [0.3, 0.4) is 0 Å². The van der Waals surface area contributed by atoms with Gasteiger partial charge < -0.3 is 5.32 Å². The van der Waals surface area contributed by atoms with Crippen molar-refractivity contribution in [2.45, 2.75) is 0 Å². The van der Waals surface area contributed by atoms with Crippen LogP contribution in [0.5, 0.6) is 0 Å². The largest absolute Gasteiger partial charge is 0.321 e. The molecule has 1 amide bonds. The van der Waals surface area contributed by atoms with Crippen molar-refractivity contribution in [2.75, 3.05) is 5.32 Å². The van der Waals surface area contributed by atoms with Crippen molar-refractivity contribution in [2.24, 2.45) is 0 Å². The summed E-state index contributed by atoms with van der Waals surface area (Å²) in [4.78, 5) is 11.9. The number of halogens is 2. The predicted octanol–water partition coefficient (Wildman–Crippen LogP) is 3.51. The van der Waals surface area contributed by atoms with E-state index in [9.17, 15) is 13.6 Å². The minimum absolute atomic E-state index is 0.142. The van der Waals surface area contributed by atoms with Gasteiger partial charge in [0.25, 0.3) is 5.91 Å². The number of hydrogen-bond donors (Lipinski definition) is 1. The molecule has 0 heterocycles. The second-order valence-electron chi connectivity index (χ2n) is 4.15. The van der Waals surface area contributed by atoms with Crippen LogP contribution in [-0.4, -0.2) is 5.91 Å². The van der Waals surface area contributed by atoms with Gasteiger partial charge >= 0.3 is 0 Å². The van der Waals surface area contributed by atoms with Crippen molar-refractivity contribution < 1.29 is 13.6 Å².